The van der Waals surface area contributed by atoms with Crippen LogP contribution in [0.25, 0.3) is 0 Å². The standard InChI is InChI=1S/C19H23NO2S/c1-15-8-6-7-11-17(15)18(22-2)12-20-19(21)14-23-13-16-9-4-3-5-10-16/h3-11,18H,12-14H2,1-2H3,(H,20,21). The SMILES string of the molecule is COC(CNC(=O)CSCc1ccccc1)c1ccccc1C. The van der Waals surface area contributed by atoms with Gasteiger partial charge in [-0.15, -0.1) is 11.8 Å². The van der Waals surface area contributed by atoms with Crippen LogP contribution in [-0.4, -0.2) is 25.3 Å². The normalized spacial score (nSPS) is 11.9. The third-order valence-electron chi connectivity index (χ3n) is 3.65. The lowest BCUT2D eigenvalue weighted by atomic mass is 10.0. The van der Waals surface area contributed by atoms with Gasteiger partial charge >= 0.3 is 0 Å². The number of nitrogens with one attached hydrogen (secondary N) is 1. The molecule has 0 aliphatic rings. The minimum atomic E-state index is -0.112. The van der Waals surface area contributed by atoms with Crippen molar-refractivity contribution in [3.05, 3.63) is 71.3 Å². The molecule has 4 heteroatoms. The number of aryl methyl sites for hydroxylation is 1. The minimum absolute atomic E-state index is 0.0431. The highest BCUT2D eigenvalue weighted by atomic mass is 32.2. The molecular formula is C19H23NO2S. The lowest BCUT2D eigenvalue weighted by Gasteiger charge is -2.18. The molecule has 1 unspecified atom stereocenters. The number of ether oxygens (including phenoxy) is 1. The van der Waals surface area contributed by atoms with Gasteiger partial charge in [0.1, 0.15) is 0 Å². The van der Waals surface area contributed by atoms with Crippen molar-refractivity contribution in [2.75, 3.05) is 19.4 Å². The minimum Gasteiger partial charge on any atom is -0.375 e. The van der Waals surface area contributed by atoms with Crippen LogP contribution < -0.4 is 5.32 Å². The molecule has 0 fully saturated rings. The van der Waals surface area contributed by atoms with E-state index in [4.69, 9.17) is 4.74 Å². The van der Waals surface area contributed by atoms with Gasteiger partial charge < -0.3 is 10.1 Å². The average Bonchev–Trinajstić information content (AvgIpc) is 2.58. The van der Waals surface area contributed by atoms with Gasteiger partial charge in [0.25, 0.3) is 0 Å². The molecule has 1 amide bonds. The number of thioether (sulfide) groups is 1. The van der Waals surface area contributed by atoms with Crippen molar-refractivity contribution in [2.45, 2.75) is 18.8 Å². The summed E-state index contributed by atoms with van der Waals surface area (Å²) in [6.07, 6.45) is -0.112. The fraction of sp³-hybridized carbons (Fsp3) is 0.316. The quantitative estimate of drug-likeness (QED) is 0.802. The summed E-state index contributed by atoms with van der Waals surface area (Å²) >= 11 is 1.62. The molecule has 3 nitrogen and oxygen atoms in total. The van der Waals surface area contributed by atoms with Crippen LogP contribution in [0.3, 0.4) is 0 Å². The molecule has 2 aromatic rings. The summed E-state index contributed by atoms with van der Waals surface area (Å²) in [5.41, 5.74) is 3.53. The van der Waals surface area contributed by atoms with Crippen LogP contribution in [0.4, 0.5) is 0 Å². The van der Waals surface area contributed by atoms with Crippen LogP contribution in [0.2, 0.25) is 0 Å². The second kappa shape index (κ2) is 9.38. The molecular weight excluding hydrogens is 306 g/mol. The summed E-state index contributed by atoms with van der Waals surface area (Å²) < 4.78 is 5.52. The number of hydrogen-bond acceptors (Lipinski definition) is 3. The van der Waals surface area contributed by atoms with E-state index in [0.29, 0.717) is 12.3 Å². The number of carbonyl (C=O) groups excluding carboxylic acids is 1. The molecule has 2 rings (SSSR count). The van der Waals surface area contributed by atoms with Crippen molar-refractivity contribution in [3.8, 4) is 0 Å². The average molecular weight is 329 g/mol. The molecule has 0 aliphatic heterocycles. The number of benzene rings is 2. The molecule has 2 aromatic carbocycles. The van der Waals surface area contributed by atoms with Crippen LogP contribution in [0.5, 0.6) is 0 Å². The molecule has 0 saturated heterocycles. The number of hydrogen-bond donors (Lipinski definition) is 1. The van der Waals surface area contributed by atoms with Crippen molar-refractivity contribution in [1.82, 2.24) is 5.32 Å². The van der Waals surface area contributed by atoms with E-state index in [-0.39, 0.29) is 12.0 Å². The molecule has 0 bridgehead atoms. The summed E-state index contributed by atoms with van der Waals surface area (Å²) in [5.74, 6) is 1.35. The first-order valence-electron chi connectivity index (χ1n) is 7.67. The number of carbonyl (C=O) groups is 1. The highest BCUT2D eigenvalue weighted by Crippen LogP contribution is 2.19. The van der Waals surface area contributed by atoms with E-state index in [2.05, 4.69) is 30.4 Å². The molecule has 0 aromatic heterocycles. The first-order valence-corrected chi connectivity index (χ1v) is 8.83. The highest BCUT2D eigenvalue weighted by molar-refractivity contribution is 7.99. The monoisotopic (exact) mass is 329 g/mol. The third kappa shape index (κ3) is 5.73. The maximum Gasteiger partial charge on any atom is 0.230 e. The van der Waals surface area contributed by atoms with Crippen molar-refractivity contribution in [3.63, 3.8) is 0 Å². The molecule has 0 heterocycles. The summed E-state index contributed by atoms with van der Waals surface area (Å²) in [4.78, 5) is 12.0. The van der Waals surface area contributed by atoms with Crippen molar-refractivity contribution < 1.29 is 9.53 Å². The number of amides is 1. The van der Waals surface area contributed by atoms with Crippen molar-refractivity contribution in [2.24, 2.45) is 0 Å². The number of methoxy groups -OCH3 is 1. The zero-order chi connectivity index (χ0) is 16.5. The maximum atomic E-state index is 12.0. The first-order chi connectivity index (χ1) is 11.2. The van der Waals surface area contributed by atoms with Crippen molar-refractivity contribution in [1.29, 1.82) is 0 Å². The number of rotatable bonds is 8. The summed E-state index contributed by atoms with van der Waals surface area (Å²) in [7, 11) is 1.67. The maximum absolute atomic E-state index is 12.0. The summed E-state index contributed by atoms with van der Waals surface area (Å²) in [5, 5.41) is 2.96. The van der Waals surface area contributed by atoms with Crippen LogP contribution in [0, 0.1) is 6.92 Å². The Morgan fingerprint density at radius 1 is 1.13 bits per heavy atom. The largest absolute Gasteiger partial charge is 0.375 e. The van der Waals surface area contributed by atoms with Crippen molar-refractivity contribution >= 4 is 17.7 Å². The van der Waals surface area contributed by atoms with E-state index in [1.807, 2.05) is 36.4 Å². The Morgan fingerprint density at radius 3 is 2.52 bits per heavy atom. The molecule has 122 valence electrons. The third-order valence-corrected chi connectivity index (χ3v) is 4.65. The van der Waals surface area contributed by atoms with Gasteiger partial charge in [-0.05, 0) is 23.6 Å². The lowest BCUT2D eigenvalue weighted by molar-refractivity contribution is -0.119. The van der Waals surface area contributed by atoms with Gasteiger partial charge in [0.2, 0.25) is 5.91 Å². The van der Waals surface area contributed by atoms with Gasteiger partial charge in [0.15, 0.2) is 0 Å². The summed E-state index contributed by atoms with van der Waals surface area (Å²) in [6, 6.07) is 18.3. The Bertz CT molecular complexity index is 616. The van der Waals surface area contributed by atoms with Gasteiger partial charge in [-0.1, -0.05) is 54.6 Å². The second-order valence-electron chi connectivity index (χ2n) is 5.36. The van der Waals surface area contributed by atoms with E-state index in [1.165, 1.54) is 11.1 Å². The van der Waals surface area contributed by atoms with E-state index in [9.17, 15) is 4.79 Å². The van der Waals surface area contributed by atoms with E-state index >= 15 is 0 Å². The predicted octanol–water partition coefficient (Wildman–Crippen LogP) is 3.73. The van der Waals surface area contributed by atoms with Crippen LogP contribution in [0.15, 0.2) is 54.6 Å². The fourth-order valence-corrected chi connectivity index (χ4v) is 3.18. The molecule has 0 radical (unpaired) electrons. The van der Waals surface area contributed by atoms with E-state index < -0.39 is 0 Å². The van der Waals surface area contributed by atoms with E-state index in [1.54, 1.807) is 18.9 Å². The molecule has 1 atom stereocenters. The molecule has 23 heavy (non-hydrogen) atoms. The summed E-state index contributed by atoms with van der Waals surface area (Å²) in [6.45, 7) is 2.55. The van der Waals surface area contributed by atoms with Gasteiger partial charge in [-0.2, -0.15) is 0 Å². The van der Waals surface area contributed by atoms with Crippen LogP contribution in [-0.2, 0) is 15.3 Å². The topological polar surface area (TPSA) is 38.3 Å². The Kier molecular flexibility index (Phi) is 7.17. The first kappa shape index (κ1) is 17.6. The van der Waals surface area contributed by atoms with Gasteiger partial charge in [-0.3, -0.25) is 4.79 Å². The van der Waals surface area contributed by atoms with E-state index in [0.717, 1.165) is 11.3 Å². The smallest absolute Gasteiger partial charge is 0.230 e. The Balaban J connectivity index is 1.75. The zero-order valence-corrected chi connectivity index (χ0v) is 14.4. The Hall–Kier alpha value is -1.78. The van der Waals surface area contributed by atoms with Crippen LogP contribution >= 0.6 is 11.8 Å². The molecule has 0 aliphatic carbocycles. The Labute approximate surface area is 142 Å². The zero-order valence-electron chi connectivity index (χ0n) is 13.6. The fourth-order valence-electron chi connectivity index (χ4n) is 2.36. The highest BCUT2D eigenvalue weighted by Gasteiger charge is 2.13. The van der Waals surface area contributed by atoms with Gasteiger partial charge in [-0.25, -0.2) is 0 Å². The molecule has 1 N–H and O–H groups in total. The molecule has 0 spiro atoms. The van der Waals surface area contributed by atoms with Gasteiger partial charge in [0, 0.05) is 19.4 Å². The van der Waals surface area contributed by atoms with Crippen LogP contribution in [0.1, 0.15) is 22.8 Å². The lowest BCUT2D eigenvalue weighted by Crippen LogP contribution is -2.30. The van der Waals surface area contributed by atoms with Gasteiger partial charge in [0.05, 0.1) is 11.9 Å². The predicted molar refractivity (Wildman–Crippen MR) is 96.5 cm³/mol. The molecule has 0 saturated carbocycles. The second-order valence-corrected chi connectivity index (χ2v) is 6.35. The Morgan fingerprint density at radius 2 is 1.83 bits per heavy atom.